The smallest absolute Gasteiger partial charge is 0.260 e. The van der Waals surface area contributed by atoms with Crippen LogP contribution in [-0.4, -0.2) is 15.7 Å². The fourth-order valence-electron chi connectivity index (χ4n) is 3.12. The molecule has 0 atom stereocenters. The molecule has 2 aromatic heterocycles. The molecule has 25 heavy (non-hydrogen) atoms. The van der Waals surface area contributed by atoms with E-state index < -0.39 is 0 Å². The van der Waals surface area contributed by atoms with E-state index in [1.807, 2.05) is 48.5 Å². The number of carbonyl (C=O) groups excluding carboxylic acids is 1. The first-order valence-electron chi connectivity index (χ1n) is 8.17. The number of nitrogens with one attached hydrogen (secondary N) is 1. The van der Waals surface area contributed by atoms with Gasteiger partial charge in [0.25, 0.3) is 5.91 Å². The second-order valence-electron chi connectivity index (χ2n) is 6.30. The highest BCUT2D eigenvalue weighted by atomic mass is 32.2. The fraction of sp³-hybridized carbons (Fsp3) is 0.263. The number of furan rings is 1. The molecule has 1 N–H and O–H groups in total. The zero-order chi connectivity index (χ0) is 17.6. The zero-order valence-electron chi connectivity index (χ0n) is 14.4. The first kappa shape index (κ1) is 16.0. The van der Waals surface area contributed by atoms with Crippen LogP contribution >= 0.6 is 11.8 Å². The molecule has 0 bridgehead atoms. The lowest BCUT2D eigenvalue weighted by Gasteiger charge is -2.11. The Balaban J connectivity index is 1.76. The number of thioether (sulfide) groups is 1. The zero-order valence-corrected chi connectivity index (χ0v) is 15.2. The quantitative estimate of drug-likeness (QED) is 0.759. The average molecular weight is 353 g/mol. The molecule has 0 spiro atoms. The van der Waals surface area contributed by atoms with Crippen LogP contribution in [0.3, 0.4) is 0 Å². The highest BCUT2D eigenvalue weighted by Gasteiger charge is 2.26. The summed E-state index contributed by atoms with van der Waals surface area (Å²) in [6.07, 6.45) is 0. The van der Waals surface area contributed by atoms with Crippen molar-refractivity contribution in [2.75, 3.05) is 5.32 Å². The lowest BCUT2D eigenvalue weighted by Crippen LogP contribution is -2.16. The summed E-state index contributed by atoms with van der Waals surface area (Å²) in [7, 11) is 0. The van der Waals surface area contributed by atoms with Crippen molar-refractivity contribution < 1.29 is 9.21 Å². The molecule has 1 aromatic carbocycles. The van der Waals surface area contributed by atoms with Crippen molar-refractivity contribution in [1.29, 1.82) is 0 Å². The molecule has 1 aliphatic rings. The molecule has 0 radical (unpaired) electrons. The number of hydrogen-bond donors (Lipinski definition) is 1. The van der Waals surface area contributed by atoms with Crippen LogP contribution in [0.1, 0.15) is 38.7 Å². The summed E-state index contributed by atoms with van der Waals surface area (Å²) < 4.78 is 7.34. The monoisotopic (exact) mass is 353 g/mol. The summed E-state index contributed by atoms with van der Waals surface area (Å²) in [5.41, 5.74) is 4.82. The van der Waals surface area contributed by atoms with Gasteiger partial charge < -0.3 is 9.73 Å². The number of amides is 1. The number of fused-ring (bicyclic) bond motifs is 1. The molecular weight excluding hydrogens is 334 g/mol. The molecule has 5 nitrogen and oxygen atoms in total. The number of aryl methyl sites for hydroxylation is 3. The Hall–Kier alpha value is -2.47. The third kappa shape index (κ3) is 2.87. The molecule has 3 heterocycles. The third-order valence-corrected chi connectivity index (χ3v) is 5.29. The Bertz CT molecular complexity index is 971. The van der Waals surface area contributed by atoms with E-state index in [-0.39, 0.29) is 5.91 Å². The lowest BCUT2D eigenvalue weighted by molar-refractivity contribution is 0.102. The minimum absolute atomic E-state index is 0.164. The Morgan fingerprint density at radius 2 is 2.08 bits per heavy atom. The van der Waals surface area contributed by atoms with Crippen molar-refractivity contribution in [2.45, 2.75) is 32.3 Å². The Morgan fingerprint density at radius 1 is 1.24 bits per heavy atom. The van der Waals surface area contributed by atoms with Gasteiger partial charge in [-0.3, -0.25) is 4.79 Å². The van der Waals surface area contributed by atoms with E-state index in [4.69, 9.17) is 9.52 Å². The largest absolute Gasteiger partial charge is 0.466 e. The molecule has 0 aliphatic carbocycles. The van der Waals surface area contributed by atoms with Crippen LogP contribution < -0.4 is 5.32 Å². The van der Waals surface area contributed by atoms with E-state index in [1.165, 1.54) is 0 Å². The van der Waals surface area contributed by atoms with Gasteiger partial charge >= 0.3 is 0 Å². The molecule has 128 valence electrons. The van der Waals surface area contributed by atoms with Crippen LogP contribution in [0.5, 0.6) is 0 Å². The second-order valence-corrected chi connectivity index (χ2v) is 7.28. The van der Waals surface area contributed by atoms with E-state index in [0.717, 1.165) is 45.6 Å². The standard InChI is InChI=1S/C19H19N3O2S/c1-11-5-4-6-14(7-11)22-18(16-9-25-10-17(16)21-22)20-19(23)15-8-12(2)24-13(15)3/h4-8H,9-10H2,1-3H3,(H,20,23). The highest BCUT2D eigenvalue weighted by molar-refractivity contribution is 7.98. The maximum Gasteiger partial charge on any atom is 0.260 e. The van der Waals surface area contributed by atoms with Crippen molar-refractivity contribution in [1.82, 2.24) is 9.78 Å². The summed E-state index contributed by atoms with van der Waals surface area (Å²) >= 11 is 1.82. The van der Waals surface area contributed by atoms with Crippen molar-refractivity contribution >= 4 is 23.5 Å². The van der Waals surface area contributed by atoms with Gasteiger partial charge in [-0.15, -0.1) is 0 Å². The highest BCUT2D eigenvalue weighted by Crippen LogP contribution is 2.36. The molecular formula is C19H19N3O2S. The van der Waals surface area contributed by atoms with Crippen molar-refractivity contribution in [3.63, 3.8) is 0 Å². The molecule has 3 aromatic rings. The Kier molecular flexibility index (Phi) is 3.92. The minimum Gasteiger partial charge on any atom is -0.466 e. The predicted molar refractivity (Wildman–Crippen MR) is 99.4 cm³/mol. The molecule has 1 aliphatic heterocycles. The van der Waals surface area contributed by atoms with Crippen LogP contribution in [0.25, 0.3) is 5.69 Å². The van der Waals surface area contributed by atoms with Crippen LogP contribution in [0.2, 0.25) is 0 Å². The SMILES string of the molecule is Cc1cccc(-n2nc3c(c2NC(=O)c2cc(C)oc2C)CSC3)c1. The van der Waals surface area contributed by atoms with Gasteiger partial charge in [-0.1, -0.05) is 12.1 Å². The number of benzene rings is 1. The molecule has 4 rings (SSSR count). The number of anilines is 1. The minimum atomic E-state index is -0.164. The van der Waals surface area contributed by atoms with Crippen molar-refractivity contribution in [2.24, 2.45) is 0 Å². The number of aromatic nitrogens is 2. The fourth-order valence-corrected chi connectivity index (χ4v) is 4.15. The summed E-state index contributed by atoms with van der Waals surface area (Å²) in [4.78, 5) is 12.8. The molecule has 6 heteroatoms. The summed E-state index contributed by atoms with van der Waals surface area (Å²) in [6, 6.07) is 9.89. The average Bonchev–Trinajstić information content (AvgIpc) is 3.23. The topological polar surface area (TPSA) is 60.1 Å². The van der Waals surface area contributed by atoms with Gasteiger partial charge in [0.2, 0.25) is 0 Å². The van der Waals surface area contributed by atoms with Crippen LogP contribution in [0.4, 0.5) is 5.82 Å². The van der Waals surface area contributed by atoms with Gasteiger partial charge in [-0.25, -0.2) is 4.68 Å². The molecule has 0 unspecified atom stereocenters. The molecule has 0 fully saturated rings. The van der Waals surface area contributed by atoms with Crippen LogP contribution in [-0.2, 0) is 11.5 Å². The van der Waals surface area contributed by atoms with E-state index in [0.29, 0.717) is 11.3 Å². The summed E-state index contributed by atoms with van der Waals surface area (Å²) in [5.74, 6) is 3.69. The van der Waals surface area contributed by atoms with Gasteiger partial charge in [0, 0.05) is 17.1 Å². The third-order valence-electron chi connectivity index (χ3n) is 4.32. The summed E-state index contributed by atoms with van der Waals surface area (Å²) in [6.45, 7) is 5.70. The number of rotatable bonds is 3. The van der Waals surface area contributed by atoms with Gasteiger partial charge in [0.1, 0.15) is 17.3 Å². The first-order chi connectivity index (χ1) is 12.0. The molecule has 1 amide bonds. The maximum absolute atomic E-state index is 12.8. The van der Waals surface area contributed by atoms with Gasteiger partial charge in [-0.2, -0.15) is 16.9 Å². The lowest BCUT2D eigenvalue weighted by atomic mass is 10.2. The predicted octanol–water partition coefficient (Wildman–Crippen LogP) is 4.39. The molecule has 0 saturated heterocycles. The summed E-state index contributed by atoms with van der Waals surface area (Å²) in [5, 5.41) is 7.80. The van der Waals surface area contributed by atoms with Crippen LogP contribution in [0, 0.1) is 20.8 Å². The van der Waals surface area contributed by atoms with E-state index in [2.05, 4.69) is 11.4 Å². The Morgan fingerprint density at radius 3 is 2.80 bits per heavy atom. The van der Waals surface area contributed by atoms with Crippen molar-refractivity contribution in [3.05, 3.63) is 64.2 Å². The maximum atomic E-state index is 12.8. The number of nitrogens with zero attached hydrogens (tertiary/aromatic N) is 2. The van der Waals surface area contributed by atoms with E-state index in [1.54, 1.807) is 13.0 Å². The van der Waals surface area contributed by atoms with Gasteiger partial charge in [0.05, 0.1) is 16.9 Å². The van der Waals surface area contributed by atoms with Crippen molar-refractivity contribution in [3.8, 4) is 5.69 Å². The number of carbonyl (C=O) groups is 1. The molecule has 0 saturated carbocycles. The van der Waals surface area contributed by atoms with Gasteiger partial charge in [-0.05, 0) is 44.5 Å². The van der Waals surface area contributed by atoms with Gasteiger partial charge in [0.15, 0.2) is 0 Å². The van der Waals surface area contributed by atoms with Crippen LogP contribution in [0.15, 0.2) is 34.7 Å². The van der Waals surface area contributed by atoms with E-state index >= 15 is 0 Å². The Labute approximate surface area is 150 Å². The second kappa shape index (κ2) is 6.11. The number of hydrogen-bond acceptors (Lipinski definition) is 4. The normalized spacial score (nSPS) is 13.1. The van der Waals surface area contributed by atoms with E-state index in [9.17, 15) is 4.79 Å². The first-order valence-corrected chi connectivity index (χ1v) is 9.32.